The van der Waals surface area contributed by atoms with Crippen molar-refractivity contribution in [1.82, 2.24) is 15.2 Å². The lowest BCUT2D eigenvalue weighted by atomic mass is 9.87. The third-order valence-corrected chi connectivity index (χ3v) is 5.63. The Labute approximate surface area is 178 Å². The molecule has 1 unspecified atom stereocenters. The first-order valence-electron chi connectivity index (χ1n) is 10.5. The summed E-state index contributed by atoms with van der Waals surface area (Å²) in [6.07, 6.45) is 8.48. The number of benzene rings is 1. The minimum atomic E-state index is -0.200. The number of alkyl halides is 1. The quantitative estimate of drug-likeness (QED) is 0.550. The van der Waals surface area contributed by atoms with Gasteiger partial charge in [0.1, 0.15) is 5.82 Å². The number of likely N-dealkylation sites (tertiary alicyclic amines) is 1. The number of fused-ring (bicyclic) bond motifs is 1. The zero-order valence-electron chi connectivity index (χ0n) is 17.2. The summed E-state index contributed by atoms with van der Waals surface area (Å²) in [6, 6.07) is 8.83. The second-order valence-electron chi connectivity index (χ2n) is 7.56. The van der Waals surface area contributed by atoms with Gasteiger partial charge in [0.2, 0.25) is 5.88 Å². The molecule has 6 heteroatoms. The molecule has 2 aliphatic heterocycles. The standard InChI is InChI=1S/C22H28FN3O.CH3Cl/c23-19-7-5-17(6-8-19)20-15-24-14-18-13-22(25-16-21(18)20)27-12-4-11-26-9-2-1-3-10-26;1-2/h5-8,13,16,20,24H,1-4,9-12,14-15H2;1H3. The summed E-state index contributed by atoms with van der Waals surface area (Å²) in [5, 5.41) is 3.46. The number of aromatic nitrogens is 1. The fourth-order valence-corrected chi connectivity index (χ4v) is 4.13. The summed E-state index contributed by atoms with van der Waals surface area (Å²) >= 11 is 4.64. The Balaban J connectivity index is 0.00000117. The lowest BCUT2D eigenvalue weighted by Gasteiger charge is -2.27. The molecule has 1 N–H and O–H groups in total. The Hall–Kier alpha value is -1.69. The maximum absolute atomic E-state index is 13.2. The van der Waals surface area contributed by atoms with Gasteiger partial charge in [-0.05, 0) is 61.2 Å². The van der Waals surface area contributed by atoms with Crippen molar-refractivity contribution < 1.29 is 9.13 Å². The molecule has 2 aromatic rings. The molecule has 0 radical (unpaired) electrons. The summed E-state index contributed by atoms with van der Waals surface area (Å²) < 4.78 is 19.1. The first-order chi connectivity index (χ1) is 14.3. The van der Waals surface area contributed by atoms with Gasteiger partial charge < -0.3 is 15.0 Å². The van der Waals surface area contributed by atoms with Crippen LogP contribution >= 0.6 is 11.6 Å². The molecule has 29 heavy (non-hydrogen) atoms. The summed E-state index contributed by atoms with van der Waals surface area (Å²) in [4.78, 5) is 7.06. The van der Waals surface area contributed by atoms with Gasteiger partial charge in [-0.1, -0.05) is 18.6 Å². The Morgan fingerprint density at radius 2 is 1.93 bits per heavy atom. The average molecular weight is 420 g/mol. The highest BCUT2D eigenvalue weighted by atomic mass is 35.5. The number of hydrogen-bond acceptors (Lipinski definition) is 4. The van der Waals surface area contributed by atoms with E-state index in [4.69, 9.17) is 4.74 Å². The van der Waals surface area contributed by atoms with Gasteiger partial charge >= 0.3 is 0 Å². The summed E-state index contributed by atoms with van der Waals surface area (Å²) in [6.45, 7) is 5.94. The monoisotopic (exact) mass is 419 g/mol. The molecule has 4 rings (SSSR count). The molecule has 1 aromatic carbocycles. The summed E-state index contributed by atoms with van der Waals surface area (Å²) in [7, 11) is 0. The van der Waals surface area contributed by atoms with Crippen LogP contribution in [-0.4, -0.2) is 49.1 Å². The molecule has 158 valence electrons. The largest absolute Gasteiger partial charge is 0.478 e. The Bertz CT molecular complexity index is 750. The zero-order chi connectivity index (χ0) is 20.5. The number of piperidine rings is 1. The zero-order valence-corrected chi connectivity index (χ0v) is 17.9. The van der Waals surface area contributed by atoms with Crippen LogP contribution in [0.5, 0.6) is 5.88 Å². The molecule has 4 nitrogen and oxygen atoms in total. The molecule has 3 heterocycles. The van der Waals surface area contributed by atoms with Crippen LogP contribution in [0, 0.1) is 5.82 Å². The van der Waals surface area contributed by atoms with Gasteiger partial charge in [0.15, 0.2) is 0 Å². The minimum absolute atomic E-state index is 0.200. The second-order valence-corrected chi connectivity index (χ2v) is 7.56. The van der Waals surface area contributed by atoms with Crippen LogP contribution in [0.4, 0.5) is 4.39 Å². The first-order valence-corrected chi connectivity index (χ1v) is 11.2. The van der Waals surface area contributed by atoms with E-state index < -0.39 is 0 Å². The average Bonchev–Trinajstić information content (AvgIpc) is 2.79. The molecule has 2 aliphatic rings. The SMILES string of the molecule is CCl.Fc1ccc(C2CNCc3cc(OCCCN4CCCCC4)ncc32)cc1. The lowest BCUT2D eigenvalue weighted by Crippen LogP contribution is -2.31. The predicted octanol–water partition coefficient (Wildman–Crippen LogP) is 4.57. The van der Waals surface area contributed by atoms with E-state index in [9.17, 15) is 4.39 Å². The van der Waals surface area contributed by atoms with Gasteiger partial charge in [-0.25, -0.2) is 9.37 Å². The molecule has 1 atom stereocenters. The number of nitrogens with zero attached hydrogens (tertiary/aromatic N) is 2. The van der Waals surface area contributed by atoms with Crippen molar-refractivity contribution in [2.75, 3.05) is 39.2 Å². The van der Waals surface area contributed by atoms with E-state index >= 15 is 0 Å². The van der Waals surface area contributed by atoms with Crippen LogP contribution in [0.2, 0.25) is 0 Å². The second kappa shape index (κ2) is 11.5. The number of ether oxygens (including phenoxy) is 1. The Morgan fingerprint density at radius 1 is 1.17 bits per heavy atom. The third-order valence-electron chi connectivity index (χ3n) is 5.63. The molecule has 0 aliphatic carbocycles. The minimum Gasteiger partial charge on any atom is -0.478 e. The third kappa shape index (κ3) is 6.14. The highest BCUT2D eigenvalue weighted by Crippen LogP contribution is 2.31. The van der Waals surface area contributed by atoms with Crippen LogP contribution in [0.25, 0.3) is 0 Å². The van der Waals surface area contributed by atoms with Crippen LogP contribution < -0.4 is 10.1 Å². The van der Waals surface area contributed by atoms with Crippen LogP contribution in [-0.2, 0) is 6.54 Å². The van der Waals surface area contributed by atoms with Crippen molar-refractivity contribution in [3.05, 3.63) is 59.0 Å². The number of rotatable bonds is 6. The van der Waals surface area contributed by atoms with Crippen LogP contribution in [0.3, 0.4) is 0 Å². The Kier molecular flexibility index (Phi) is 8.71. The number of hydrogen-bond donors (Lipinski definition) is 1. The lowest BCUT2D eigenvalue weighted by molar-refractivity contribution is 0.203. The van der Waals surface area contributed by atoms with Crippen molar-refractivity contribution in [3.63, 3.8) is 0 Å². The van der Waals surface area contributed by atoms with Gasteiger partial charge in [-0.2, -0.15) is 0 Å². The normalized spacial score (nSPS) is 19.1. The number of halogens is 2. The van der Waals surface area contributed by atoms with Gasteiger partial charge in [0, 0.05) is 44.2 Å². The van der Waals surface area contributed by atoms with E-state index in [2.05, 4.69) is 32.9 Å². The number of pyridine rings is 1. The molecule has 0 bridgehead atoms. The fourth-order valence-electron chi connectivity index (χ4n) is 4.13. The molecule has 0 amide bonds. The molecular formula is C23H31ClFN3O. The van der Waals surface area contributed by atoms with Gasteiger partial charge in [-0.15, -0.1) is 11.6 Å². The molecule has 1 aromatic heterocycles. The molecular weight excluding hydrogens is 389 g/mol. The number of nitrogens with one attached hydrogen (secondary N) is 1. The molecule has 0 saturated carbocycles. The van der Waals surface area contributed by atoms with Crippen molar-refractivity contribution in [2.45, 2.75) is 38.1 Å². The summed E-state index contributed by atoms with van der Waals surface area (Å²) in [5.74, 6) is 0.707. The van der Waals surface area contributed by atoms with Gasteiger partial charge in [0.05, 0.1) is 6.61 Å². The van der Waals surface area contributed by atoms with Crippen LogP contribution in [0.1, 0.15) is 48.3 Å². The smallest absolute Gasteiger partial charge is 0.213 e. The molecule has 0 spiro atoms. The van der Waals surface area contributed by atoms with E-state index in [-0.39, 0.29) is 11.7 Å². The molecule has 1 fully saturated rings. The molecule has 1 saturated heterocycles. The fraction of sp³-hybridized carbons (Fsp3) is 0.522. The van der Waals surface area contributed by atoms with Crippen LogP contribution in [0.15, 0.2) is 36.5 Å². The van der Waals surface area contributed by atoms with Crippen molar-refractivity contribution >= 4 is 11.6 Å². The highest BCUT2D eigenvalue weighted by Gasteiger charge is 2.22. The highest BCUT2D eigenvalue weighted by molar-refractivity contribution is 6.15. The maximum Gasteiger partial charge on any atom is 0.213 e. The topological polar surface area (TPSA) is 37.4 Å². The Morgan fingerprint density at radius 3 is 2.69 bits per heavy atom. The van der Waals surface area contributed by atoms with E-state index in [1.807, 2.05) is 18.3 Å². The maximum atomic E-state index is 13.2. The first kappa shape index (κ1) is 22.0. The van der Waals surface area contributed by atoms with Crippen molar-refractivity contribution in [3.8, 4) is 5.88 Å². The van der Waals surface area contributed by atoms with Crippen molar-refractivity contribution in [2.24, 2.45) is 0 Å². The predicted molar refractivity (Wildman–Crippen MR) is 116 cm³/mol. The van der Waals surface area contributed by atoms with E-state index in [1.54, 1.807) is 0 Å². The van der Waals surface area contributed by atoms with Crippen molar-refractivity contribution in [1.29, 1.82) is 0 Å². The van der Waals surface area contributed by atoms with Gasteiger partial charge in [0.25, 0.3) is 0 Å². The van der Waals surface area contributed by atoms with Gasteiger partial charge in [-0.3, -0.25) is 0 Å². The van der Waals surface area contributed by atoms with E-state index in [0.717, 1.165) is 31.6 Å². The van der Waals surface area contributed by atoms with E-state index in [1.165, 1.54) is 62.0 Å². The summed E-state index contributed by atoms with van der Waals surface area (Å²) in [5.41, 5.74) is 3.54. The van der Waals surface area contributed by atoms with E-state index in [0.29, 0.717) is 12.5 Å².